The first-order valence-corrected chi connectivity index (χ1v) is 22.5. The molecule has 0 aliphatic rings. The summed E-state index contributed by atoms with van der Waals surface area (Å²) in [5, 5.41) is 1.32. The molecule has 0 bridgehead atoms. The van der Waals surface area contributed by atoms with E-state index in [9.17, 15) is 0 Å². The van der Waals surface area contributed by atoms with Crippen LogP contribution in [0.2, 0.25) is 0 Å². The highest BCUT2D eigenvalue weighted by Gasteiger charge is 2.20. The fourth-order valence-electron chi connectivity index (χ4n) is 6.72. The second-order valence-electron chi connectivity index (χ2n) is 21.4. The molecule has 60 heavy (non-hydrogen) atoms. The molecule has 3 heterocycles. The first kappa shape index (κ1) is 48.0. The maximum absolute atomic E-state index is 4.65. The van der Waals surface area contributed by atoms with Gasteiger partial charge in [-0.05, 0) is 104 Å². The minimum Gasteiger partial charge on any atom is -0.358 e. The Balaban J connectivity index is 0.000000177. The Bertz CT molecular complexity index is 2290. The number of hydrogen-bond donors (Lipinski definition) is 3. The molecule has 0 amide bonds. The molecule has 0 aliphatic heterocycles. The molecule has 324 valence electrons. The van der Waals surface area contributed by atoms with Crippen LogP contribution in [0, 0.1) is 0 Å². The van der Waals surface area contributed by atoms with Gasteiger partial charge in [0.2, 0.25) is 0 Å². The van der Waals surface area contributed by atoms with Crippen LogP contribution in [0.4, 0.5) is 0 Å². The molecule has 0 unspecified atom stereocenters. The molecule has 0 radical (unpaired) electrons. The Morgan fingerprint density at radius 2 is 0.850 bits per heavy atom. The van der Waals surface area contributed by atoms with E-state index in [2.05, 4.69) is 241 Å². The van der Waals surface area contributed by atoms with Crippen LogP contribution in [0.25, 0.3) is 33.0 Å². The van der Waals surface area contributed by atoms with Crippen LogP contribution < -0.4 is 0 Å². The number of nitrogens with one attached hydrogen (secondary N) is 3. The van der Waals surface area contributed by atoms with E-state index in [0.29, 0.717) is 29.6 Å². The van der Waals surface area contributed by atoms with E-state index in [-0.39, 0.29) is 16.2 Å². The van der Waals surface area contributed by atoms with Gasteiger partial charge in [-0.15, -0.1) is 0 Å². The lowest BCUT2D eigenvalue weighted by atomic mass is 9.86. The van der Waals surface area contributed by atoms with Crippen molar-refractivity contribution >= 4 is 33.0 Å². The third kappa shape index (κ3) is 12.9. The highest BCUT2D eigenvalue weighted by atomic mass is 14.9. The Hall–Kier alpha value is -4.64. The predicted octanol–water partition coefficient (Wildman–Crippen LogP) is 16.5. The minimum absolute atomic E-state index is 0.0704. The van der Waals surface area contributed by atoms with E-state index in [0.717, 1.165) is 33.7 Å². The quantitative estimate of drug-likeness (QED) is 0.162. The van der Waals surface area contributed by atoms with Gasteiger partial charge >= 0.3 is 0 Å². The molecule has 0 aliphatic carbocycles. The molecular weight excluding hydrogens is 731 g/mol. The zero-order valence-electron chi connectivity index (χ0n) is 40.9. The Kier molecular flexibility index (Phi) is 15.5. The summed E-state index contributed by atoms with van der Waals surface area (Å²) in [6, 6.07) is 30.9. The zero-order chi connectivity index (χ0) is 44.9. The second-order valence-corrected chi connectivity index (χ2v) is 21.4. The molecule has 0 saturated carbocycles. The second kappa shape index (κ2) is 19.4. The van der Waals surface area contributed by atoms with Crippen LogP contribution in [0.15, 0.2) is 84.9 Å². The van der Waals surface area contributed by atoms with E-state index in [1.54, 1.807) is 0 Å². The van der Waals surface area contributed by atoms with Crippen molar-refractivity contribution in [1.82, 2.24) is 24.9 Å². The summed E-state index contributed by atoms with van der Waals surface area (Å²) in [5.41, 5.74) is 14.5. The maximum Gasteiger partial charge on any atom is 0.112 e. The summed E-state index contributed by atoms with van der Waals surface area (Å²) >= 11 is 0. The highest BCUT2D eigenvalue weighted by Crippen LogP contribution is 2.29. The average Bonchev–Trinajstić information content (AvgIpc) is 3.91. The van der Waals surface area contributed by atoms with Crippen molar-refractivity contribution in [2.45, 2.75) is 177 Å². The largest absolute Gasteiger partial charge is 0.358 e. The van der Waals surface area contributed by atoms with E-state index in [1.165, 1.54) is 44.4 Å². The van der Waals surface area contributed by atoms with E-state index in [1.807, 2.05) is 0 Å². The van der Waals surface area contributed by atoms with Crippen LogP contribution in [0.1, 0.15) is 206 Å². The third-order valence-corrected chi connectivity index (χ3v) is 11.2. The van der Waals surface area contributed by atoms with Gasteiger partial charge in [-0.2, -0.15) is 0 Å². The number of aromatic amines is 3. The van der Waals surface area contributed by atoms with Crippen LogP contribution in [0.5, 0.6) is 0 Å². The normalized spacial score (nSPS) is 12.3. The molecule has 0 fully saturated rings. The van der Waals surface area contributed by atoms with Gasteiger partial charge in [0.15, 0.2) is 0 Å². The lowest BCUT2D eigenvalue weighted by molar-refractivity contribution is 0.554. The lowest BCUT2D eigenvalue weighted by Crippen LogP contribution is -2.13. The minimum atomic E-state index is 0.0704. The molecule has 5 heteroatoms. The van der Waals surface area contributed by atoms with Crippen molar-refractivity contribution in [3.63, 3.8) is 0 Å². The molecule has 0 atom stereocenters. The summed E-state index contributed by atoms with van der Waals surface area (Å²) in [4.78, 5) is 19.5. The lowest BCUT2D eigenvalue weighted by Gasteiger charge is -2.19. The summed E-state index contributed by atoms with van der Waals surface area (Å²) in [6.45, 7) is 42.0. The van der Waals surface area contributed by atoms with E-state index >= 15 is 0 Å². The molecular formula is C55H79N5. The molecule has 3 N–H and O–H groups in total. The van der Waals surface area contributed by atoms with Gasteiger partial charge in [0, 0.05) is 22.5 Å². The van der Waals surface area contributed by atoms with Crippen LogP contribution in [-0.4, -0.2) is 24.9 Å². The molecule has 0 saturated heterocycles. The number of H-pyrrole nitrogens is 3. The number of rotatable bonds is 5. The fraction of sp³-hybridized carbons (Fsp3) is 0.491. The van der Waals surface area contributed by atoms with Crippen LogP contribution >= 0.6 is 0 Å². The summed E-state index contributed by atoms with van der Waals surface area (Å²) in [7, 11) is 0. The first-order valence-electron chi connectivity index (χ1n) is 22.5. The van der Waals surface area contributed by atoms with Gasteiger partial charge < -0.3 is 15.0 Å². The van der Waals surface area contributed by atoms with Crippen LogP contribution in [0.3, 0.4) is 0 Å². The van der Waals surface area contributed by atoms with Crippen molar-refractivity contribution < 1.29 is 0 Å². The predicted molar refractivity (Wildman–Crippen MR) is 263 cm³/mol. The summed E-state index contributed by atoms with van der Waals surface area (Å²) in [6.07, 6.45) is 0. The Labute approximate surface area is 364 Å². The Morgan fingerprint density at radius 3 is 1.35 bits per heavy atom. The molecule has 3 aromatic heterocycles. The van der Waals surface area contributed by atoms with E-state index < -0.39 is 0 Å². The molecule has 7 rings (SSSR count). The van der Waals surface area contributed by atoms with Gasteiger partial charge in [-0.3, -0.25) is 0 Å². The van der Waals surface area contributed by atoms with Crippen molar-refractivity contribution in [3.05, 3.63) is 130 Å². The van der Waals surface area contributed by atoms with Gasteiger partial charge in [0.05, 0.1) is 22.1 Å². The number of fused-ring (bicyclic) bond motifs is 3. The standard InChI is InChI=1S/C15H22N2.C14H19N.C13H18N2.C13H20/c1-14(2,3)10-7-8-11-12(9-10)17-13(16-11)15(4,5)6;1-9(2)11-5-6-12-8-13(10(3)4)15-14(12)7-11;1-8(2)10-5-6-11-12(7-10)15-13(14-11)9(3)4;1-10(2)11-6-8-12(9-7-11)13(3,4)5/h7-9H,1-6H3,(H,16,17);5-10,15H,1-4H3;5-9H,1-4H3,(H,14,15);6-10H,1-5H3. The molecule has 7 aromatic rings. The summed E-state index contributed by atoms with van der Waals surface area (Å²) in [5.74, 6) is 4.96. The van der Waals surface area contributed by atoms with Crippen molar-refractivity contribution in [1.29, 1.82) is 0 Å². The molecule has 0 spiro atoms. The van der Waals surface area contributed by atoms with Crippen molar-refractivity contribution in [2.24, 2.45) is 0 Å². The van der Waals surface area contributed by atoms with Crippen LogP contribution in [-0.2, 0) is 16.2 Å². The third-order valence-electron chi connectivity index (χ3n) is 11.2. The van der Waals surface area contributed by atoms with Gasteiger partial charge in [-0.25, -0.2) is 9.97 Å². The fourth-order valence-corrected chi connectivity index (χ4v) is 6.72. The monoisotopic (exact) mass is 810 g/mol. The maximum atomic E-state index is 4.65. The zero-order valence-corrected chi connectivity index (χ0v) is 40.9. The smallest absolute Gasteiger partial charge is 0.112 e. The summed E-state index contributed by atoms with van der Waals surface area (Å²) < 4.78 is 0. The molecule has 5 nitrogen and oxygen atoms in total. The number of nitrogens with zero attached hydrogens (tertiary/aromatic N) is 2. The first-order chi connectivity index (χ1) is 27.7. The average molecular weight is 810 g/mol. The Morgan fingerprint density at radius 1 is 0.383 bits per heavy atom. The van der Waals surface area contributed by atoms with E-state index in [4.69, 9.17) is 0 Å². The van der Waals surface area contributed by atoms with Gasteiger partial charge in [-0.1, -0.05) is 180 Å². The van der Waals surface area contributed by atoms with Crippen molar-refractivity contribution in [2.75, 3.05) is 0 Å². The highest BCUT2D eigenvalue weighted by molar-refractivity contribution is 5.81. The molecule has 4 aromatic carbocycles. The number of aromatic nitrogens is 5. The van der Waals surface area contributed by atoms with Gasteiger partial charge in [0.25, 0.3) is 0 Å². The number of benzene rings is 4. The number of imidazole rings is 2. The SMILES string of the molecule is CC(C)(C)c1ccc2nc(C(C)(C)C)[nH]c2c1.CC(C)c1ccc(C(C)(C)C)cc1.CC(C)c1ccc2cc(C(C)C)[nH]c2c1.CC(C)c1ccc2nc(C(C)C)[nH]c2c1. The van der Waals surface area contributed by atoms with Crippen molar-refractivity contribution in [3.8, 4) is 0 Å². The van der Waals surface area contributed by atoms with Gasteiger partial charge in [0.1, 0.15) is 11.6 Å². The number of hydrogen-bond acceptors (Lipinski definition) is 2. The topological polar surface area (TPSA) is 73.2 Å².